The van der Waals surface area contributed by atoms with E-state index in [1.165, 1.54) is 16.9 Å². The maximum absolute atomic E-state index is 11.5. The van der Waals surface area contributed by atoms with Crippen molar-refractivity contribution in [3.63, 3.8) is 0 Å². The molecule has 1 aromatic heterocycles. The Balaban J connectivity index is 2.15. The van der Waals surface area contributed by atoms with Gasteiger partial charge in [0.1, 0.15) is 0 Å². The molecular weight excluding hydrogens is 270 g/mol. The van der Waals surface area contributed by atoms with Crippen molar-refractivity contribution in [2.24, 2.45) is 5.84 Å². The fourth-order valence-electron chi connectivity index (χ4n) is 2.01. The molecule has 0 aliphatic rings. The van der Waals surface area contributed by atoms with Crippen molar-refractivity contribution in [2.75, 3.05) is 11.9 Å². The van der Waals surface area contributed by atoms with E-state index in [9.17, 15) is 4.79 Å². The van der Waals surface area contributed by atoms with Crippen LogP contribution < -0.4 is 16.2 Å². The molecular formula is C15H19N3OS. The quantitative estimate of drug-likeness (QED) is 0.517. The summed E-state index contributed by atoms with van der Waals surface area (Å²) in [6, 6.07) is 10.3. The first-order chi connectivity index (χ1) is 9.51. The first kappa shape index (κ1) is 14.6. The van der Waals surface area contributed by atoms with Crippen LogP contribution in [0.1, 0.15) is 25.7 Å². The third-order valence-corrected chi connectivity index (χ3v) is 4.35. The maximum Gasteiger partial charge on any atom is 0.275 e. The van der Waals surface area contributed by atoms with Gasteiger partial charge < -0.3 is 4.90 Å². The molecule has 0 unspecified atom stereocenters. The first-order valence-corrected chi connectivity index (χ1v) is 7.21. The number of hydrogen-bond donors (Lipinski definition) is 2. The van der Waals surface area contributed by atoms with E-state index in [0.717, 1.165) is 22.7 Å². The van der Waals surface area contributed by atoms with E-state index >= 15 is 0 Å². The van der Waals surface area contributed by atoms with Crippen LogP contribution in [0.15, 0.2) is 30.3 Å². The lowest BCUT2D eigenvalue weighted by atomic mass is 10.2. The Morgan fingerprint density at radius 3 is 2.55 bits per heavy atom. The van der Waals surface area contributed by atoms with Gasteiger partial charge in [-0.15, -0.1) is 11.3 Å². The van der Waals surface area contributed by atoms with Crippen molar-refractivity contribution >= 4 is 22.9 Å². The van der Waals surface area contributed by atoms with E-state index in [1.807, 2.05) is 20.0 Å². The molecule has 2 aromatic rings. The summed E-state index contributed by atoms with van der Waals surface area (Å²) < 4.78 is 0. The predicted octanol–water partition coefficient (Wildman–Crippen LogP) is 2.60. The maximum atomic E-state index is 11.5. The van der Waals surface area contributed by atoms with Crippen LogP contribution in [0.25, 0.3) is 0 Å². The van der Waals surface area contributed by atoms with Gasteiger partial charge in [0.25, 0.3) is 5.91 Å². The lowest BCUT2D eigenvalue weighted by Gasteiger charge is -2.19. The van der Waals surface area contributed by atoms with Gasteiger partial charge in [-0.05, 0) is 37.6 Å². The summed E-state index contributed by atoms with van der Waals surface area (Å²) in [5, 5.41) is 0. The second kappa shape index (κ2) is 6.07. The molecule has 106 valence electrons. The van der Waals surface area contributed by atoms with Crippen LogP contribution in [0, 0.1) is 13.8 Å². The average molecular weight is 289 g/mol. The summed E-state index contributed by atoms with van der Waals surface area (Å²) in [7, 11) is 2.05. The molecule has 0 saturated heterocycles. The second-order valence-electron chi connectivity index (χ2n) is 4.86. The van der Waals surface area contributed by atoms with Crippen LogP contribution in [0.4, 0.5) is 5.69 Å². The van der Waals surface area contributed by atoms with Crippen molar-refractivity contribution < 1.29 is 4.79 Å². The number of rotatable bonds is 4. The zero-order valence-electron chi connectivity index (χ0n) is 11.9. The monoisotopic (exact) mass is 289 g/mol. The van der Waals surface area contributed by atoms with Crippen molar-refractivity contribution in [1.29, 1.82) is 0 Å². The SMILES string of the molecule is Cc1ccc(N(C)Cc2cc(C(=O)NN)sc2C)cc1. The van der Waals surface area contributed by atoms with E-state index in [4.69, 9.17) is 5.84 Å². The molecule has 0 fully saturated rings. The Kier molecular flexibility index (Phi) is 4.42. The molecule has 0 radical (unpaired) electrons. The largest absolute Gasteiger partial charge is 0.370 e. The van der Waals surface area contributed by atoms with Crippen molar-refractivity contribution in [3.8, 4) is 0 Å². The van der Waals surface area contributed by atoms with Gasteiger partial charge in [-0.2, -0.15) is 0 Å². The van der Waals surface area contributed by atoms with Gasteiger partial charge >= 0.3 is 0 Å². The van der Waals surface area contributed by atoms with Crippen LogP contribution in [-0.4, -0.2) is 13.0 Å². The molecule has 1 amide bonds. The van der Waals surface area contributed by atoms with E-state index in [0.29, 0.717) is 4.88 Å². The van der Waals surface area contributed by atoms with Crippen molar-refractivity contribution in [1.82, 2.24) is 5.43 Å². The Hall–Kier alpha value is -1.85. The zero-order chi connectivity index (χ0) is 14.7. The van der Waals surface area contributed by atoms with Gasteiger partial charge in [0.05, 0.1) is 4.88 Å². The molecule has 0 saturated carbocycles. The lowest BCUT2D eigenvalue weighted by molar-refractivity contribution is 0.0957. The van der Waals surface area contributed by atoms with Gasteiger partial charge in [0.2, 0.25) is 0 Å². The number of aryl methyl sites for hydroxylation is 2. The molecule has 0 bridgehead atoms. The van der Waals surface area contributed by atoms with E-state index in [2.05, 4.69) is 41.5 Å². The normalized spacial score (nSPS) is 10.4. The van der Waals surface area contributed by atoms with Gasteiger partial charge in [-0.3, -0.25) is 10.2 Å². The number of nitrogens with zero attached hydrogens (tertiary/aromatic N) is 1. The fraction of sp³-hybridized carbons (Fsp3) is 0.267. The van der Waals surface area contributed by atoms with E-state index in [-0.39, 0.29) is 5.91 Å². The lowest BCUT2D eigenvalue weighted by Crippen LogP contribution is -2.29. The number of benzene rings is 1. The molecule has 5 heteroatoms. The molecule has 3 N–H and O–H groups in total. The number of nitrogen functional groups attached to an aromatic ring is 1. The number of carbonyl (C=O) groups excluding carboxylic acids is 1. The Morgan fingerprint density at radius 1 is 1.30 bits per heavy atom. The number of amides is 1. The second-order valence-corrected chi connectivity index (χ2v) is 6.11. The highest BCUT2D eigenvalue weighted by Crippen LogP contribution is 2.24. The highest BCUT2D eigenvalue weighted by molar-refractivity contribution is 7.14. The van der Waals surface area contributed by atoms with Gasteiger partial charge in [-0.1, -0.05) is 17.7 Å². The predicted molar refractivity (Wildman–Crippen MR) is 84.0 cm³/mol. The first-order valence-electron chi connectivity index (χ1n) is 6.39. The number of carbonyl (C=O) groups is 1. The summed E-state index contributed by atoms with van der Waals surface area (Å²) >= 11 is 1.47. The minimum Gasteiger partial charge on any atom is -0.370 e. The molecule has 0 atom stereocenters. The average Bonchev–Trinajstić information content (AvgIpc) is 2.80. The number of anilines is 1. The van der Waals surface area contributed by atoms with Crippen LogP contribution in [-0.2, 0) is 6.54 Å². The summed E-state index contributed by atoms with van der Waals surface area (Å²) in [5.74, 6) is 4.93. The number of thiophene rings is 1. The van der Waals surface area contributed by atoms with Crippen LogP contribution in [0.2, 0.25) is 0 Å². The fourth-order valence-corrected chi connectivity index (χ4v) is 2.94. The third-order valence-electron chi connectivity index (χ3n) is 3.26. The van der Waals surface area contributed by atoms with E-state index in [1.54, 1.807) is 0 Å². The van der Waals surface area contributed by atoms with Crippen LogP contribution >= 0.6 is 11.3 Å². The Labute approximate surface area is 123 Å². The minimum atomic E-state index is -0.234. The van der Waals surface area contributed by atoms with Gasteiger partial charge in [0.15, 0.2) is 0 Å². The zero-order valence-corrected chi connectivity index (χ0v) is 12.8. The molecule has 0 spiro atoms. The summed E-state index contributed by atoms with van der Waals surface area (Å²) in [6.07, 6.45) is 0. The number of nitrogens with one attached hydrogen (secondary N) is 1. The highest BCUT2D eigenvalue weighted by atomic mass is 32.1. The number of hydrazine groups is 1. The molecule has 1 heterocycles. The number of nitrogens with two attached hydrogens (primary N) is 1. The van der Waals surface area contributed by atoms with Gasteiger partial charge in [0, 0.05) is 24.2 Å². The number of hydrogen-bond acceptors (Lipinski definition) is 4. The summed E-state index contributed by atoms with van der Waals surface area (Å²) in [6.45, 7) is 4.87. The van der Waals surface area contributed by atoms with Crippen LogP contribution in [0.5, 0.6) is 0 Å². The van der Waals surface area contributed by atoms with Crippen molar-refractivity contribution in [3.05, 3.63) is 51.2 Å². The topological polar surface area (TPSA) is 58.4 Å². The van der Waals surface area contributed by atoms with Crippen molar-refractivity contribution in [2.45, 2.75) is 20.4 Å². The highest BCUT2D eigenvalue weighted by Gasteiger charge is 2.12. The Morgan fingerprint density at radius 2 is 1.95 bits per heavy atom. The summed E-state index contributed by atoms with van der Waals surface area (Å²) in [4.78, 5) is 15.5. The third kappa shape index (κ3) is 3.18. The molecule has 2 rings (SSSR count). The van der Waals surface area contributed by atoms with Crippen LogP contribution in [0.3, 0.4) is 0 Å². The molecule has 1 aromatic carbocycles. The minimum absolute atomic E-state index is 0.234. The Bertz CT molecular complexity index is 604. The smallest absolute Gasteiger partial charge is 0.275 e. The molecule has 0 aliphatic carbocycles. The van der Waals surface area contributed by atoms with E-state index < -0.39 is 0 Å². The molecule has 20 heavy (non-hydrogen) atoms. The summed E-state index contributed by atoms with van der Waals surface area (Å²) in [5.41, 5.74) is 5.73. The molecule has 4 nitrogen and oxygen atoms in total. The standard InChI is InChI=1S/C15H19N3OS/c1-10-4-6-13(7-5-10)18(3)9-12-8-14(15(19)17-16)20-11(12)2/h4-8H,9,16H2,1-3H3,(H,17,19). The van der Waals surface area contributed by atoms with Gasteiger partial charge in [-0.25, -0.2) is 5.84 Å². The molecule has 0 aliphatic heterocycles.